The molecule has 4 nitrogen and oxygen atoms in total. The Labute approximate surface area is 111 Å². The summed E-state index contributed by atoms with van der Waals surface area (Å²) in [6.45, 7) is 4.36. The molecule has 1 saturated carbocycles. The average Bonchev–Trinajstić information content (AvgIpc) is 3.09. The van der Waals surface area contributed by atoms with E-state index in [0.29, 0.717) is 12.0 Å². The van der Waals surface area contributed by atoms with Crippen molar-refractivity contribution in [1.82, 2.24) is 9.97 Å². The largest absolute Gasteiger partial charge is 0.368 e. The van der Waals surface area contributed by atoms with Gasteiger partial charge in [0, 0.05) is 18.0 Å². The number of aryl methyl sites for hydroxylation is 1. The Balaban J connectivity index is 2.08. The molecule has 0 saturated heterocycles. The fourth-order valence-corrected chi connectivity index (χ4v) is 3.28. The topological polar surface area (TPSA) is 55.0 Å². The summed E-state index contributed by atoms with van der Waals surface area (Å²) in [5.41, 5.74) is 5.82. The lowest BCUT2D eigenvalue weighted by molar-refractivity contribution is 0.605. The maximum absolute atomic E-state index is 5.82. The van der Waals surface area contributed by atoms with Crippen LogP contribution >= 0.6 is 11.3 Å². The second-order valence-electron chi connectivity index (χ2n) is 5.17. The quantitative estimate of drug-likeness (QED) is 0.924. The van der Waals surface area contributed by atoms with Gasteiger partial charge >= 0.3 is 0 Å². The molecule has 1 aliphatic rings. The van der Waals surface area contributed by atoms with Gasteiger partial charge in [-0.2, -0.15) is 4.98 Å². The van der Waals surface area contributed by atoms with Crippen LogP contribution in [-0.4, -0.2) is 23.1 Å². The monoisotopic (exact) mass is 262 g/mol. The molecule has 0 aromatic carbocycles. The van der Waals surface area contributed by atoms with Crippen LogP contribution in [-0.2, 0) is 0 Å². The van der Waals surface area contributed by atoms with Crippen LogP contribution in [0.5, 0.6) is 0 Å². The van der Waals surface area contributed by atoms with E-state index in [-0.39, 0.29) is 0 Å². The second-order valence-corrected chi connectivity index (χ2v) is 6.41. The number of rotatable bonds is 3. The van der Waals surface area contributed by atoms with E-state index in [9.17, 15) is 0 Å². The minimum Gasteiger partial charge on any atom is -0.368 e. The number of nitrogens with zero attached hydrogens (tertiary/aromatic N) is 3. The molecule has 2 aromatic rings. The van der Waals surface area contributed by atoms with Crippen molar-refractivity contribution in [2.75, 3.05) is 17.7 Å². The zero-order valence-electron chi connectivity index (χ0n) is 11.0. The fraction of sp³-hybridized carbons (Fsp3) is 0.538. The van der Waals surface area contributed by atoms with E-state index in [2.05, 4.69) is 41.8 Å². The first-order chi connectivity index (χ1) is 8.56. The zero-order valence-corrected chi connectivity index (χ0v) is 11.8. The molecule has 2 aromatic heterocycles. The van der Waals surface area contributed by atoms with Gasteiger partial charge in [0.15, 0.2) is 0 Å². The van der Waals surface area contributed by atoms with E-state index in [4.69, 9.17) is 5.73 Å². The highest BCUT2D eigenvalue weighted by Gasteiger charge is 2.31. The molecule has 1 aliphatic carbocycles. The molecule has 5 heteroatoms. The summed E-state index contributed by atoms with van der Waals surface area (Å²) < 4.78 is 0. The van der Waals surface area contributed by atoms with Crippen LogP contribution in [0.1, 0.15) is 24.6 Å². The first-order valence-corrected chi connectivity index (χ1v) is 7.14. The minimum absolute atomic E-state index is 0.370. The predicted octanol–water partition coefficient (Wildman–Crippen LogP) is 2.82. The van der Waals surface area contributed by atoms with Gasteiger partial charge in [0.25, 0.3) is 0 Å². The Bertz CT molecular complexity index is 588. The maximum Gasteiger partial charge on any atom is 0.223 e. The third-order valence-electron chi connectivity index (χ3n) is 3.76. The first kappa shape index (κ1) is 11.7. The average molecular weight is 262 g/mol. The number of anilines is 2. The summed E-state index contributed by atoms with van der Waals surface area (Å²) in [4.78, 5) is 13.3. The van der Waals surface area contributed by atoms with Gasteiger partial charge in [-0.15, -0.1) is 11.3 Å². The molecular weight excluding hydrogens is 244 g/mol. The molecule has 3 rings (SSSR count). The second kappa shape index (κ2) is 4.09. The molecule has 96 valence electrons. The smallest absolute Gasteiger partial charge is 0.223 e. The Morgan fingerprint density at radius 1 is 1.44 bits per heavy atom. The van der Waals surface area contributed by atoms with Gasteiger partial charge in [-0.25, -0.2) is 4.98 Å². The van der Waals surface area contributed by atoms with Gasteiger partial charge in [-0.1, -0.05) is 0 Å². The molecule has 2 heterocycles. The maximum atomic E-state index is 5.82. The van der Waals surface area contributed by atoms with Crippen LogP contribution in [0.15, 0.2) is 6.07 Å². The SMILES string of the molecule is Cc1cc2c(N(C)C(C)C3CC3)nc(N)nc2s1. The number of hydrogen-bond acceptors (Lipinski definition) is 5. The summed E-state index contributed by atoms with van der Waals surface area (Å²) in [6.07, 6.45) is 2.66. The molecule has 0 aliphatic heterocycles. The number of fused-ring (bicyclic) bond motifs is 1. The van der Waals surface area contributed by atoms with Crippen molar-refractivity contribution < 1.29 is 0 Å². The van der Waals surface area contributed by atoms with E-state index in [1.165, 1.54) is 17.7 Å². The Morgan fingerprint density at radius 2 is 2.17 bits per heavy atom. The van der Waals surface area contributed by atoms with E-state index in [0.717, 1.165) is 22.0 Å². The van der Waals surface area contributed by atoms with Crippen LogP contribution in [0.25, 0.3) is 10.2 Å². The molecule has 0 radical (unpaired) electrons. The van der Waals surface area contributed by atoms with Crippen molar-refractivity contribution in [3.05, 3.63) is 10.9 Å². The van der Waals surface area contributed by atoms with Crippen LogP contribution in [0.4, 0.5) is 11.8 Å². The molecule has 0 amide bonds. The molecule has 1 unspecified atom stereocenters. The highest BCUT2D eigenvalue weighted by molar-refractivity contribution is 7.18. The molecule has 18 heavy (non-hydrogen) atoms. The highest BCUT2D eigenvalue weighted by atomic mass is 32.1. The predicted molar refractivity (Wildman–Crippen MR) is 77.2 cm³/mol. The molecule has 0 bridgehead atoms. The van der Waals surface area contributed by atoms with Gasteiger partial charge in [-0.05, 0) is 38.7 Å². The van der Waals surface area contributed by atoms with Crippen LogP contribution in [0.2, 0.25) is 0 Å². The minimum atomic E-state index is 0.370. The van der Waals surface area contributed by atoms with E-state index in [1.807, 2.05) is 0 Å². The standard InChI is InChI=1S/C13H18N4S/c1-7-6-10-11(15-13(14)16-12(10)18-7)17(3)8(2)9-4-5-9/h6,8-9H,4-5H2,1-3H3,(H2,14,15,16). The normalized spacial score (nSPS) is 17.1. The van der Waals surface area contributed by atoms with Gasteiger partial charge in [0.2, 0.25) is 5.95 Å². The third kappa shape index (κ3) is 1.92. The van der Waals surface area contributed by atoms with Crippen molar-refractivity contribution >= 4 is 33.3 Å². The summed E-state index contributed by atoms with van der Waals surface area (Å²) in [6, 6.07) is 2.67. The number of nitrogens with two attached hydrogens (primary N) is 1. The summed E-state index contributed by atoms with van der Waals surface area (Å²) >= 11 is 1.68. The lowest BCUT2D eigenvalue weighted by Gasteiger charge is -2.26. The van der Waals surface area contributed by atoms with Gasteiger partial charge in [0.1, 0.15) is 10.6 Å². The number of aromatic nitrogens is 2. The zero-order chi connectivity index (χ0) is 12.9. The molecule has 2 N–H and O–H groups in total. The molecular formula is C13H18N4S. The van der Waals surface area contributed by atoms with E-state index < -0.39 is 0 Å². The van der Waals surface area contributed by atoms with Crippen LogP contribution in [0.3, 0.4) is 0 Å². The van der Waals surface area contributed by atoms with Crippen molar-refractivity contribution in [3.8, 4) is 0 Å². The molecule has 0 spiro atoms. The summed E-state index contributed by atoms with van der Waals surface area (Å²) in [7, 11) is 2.11. The highest BCUT2D eigenvalue weighted by Crippen LogP contribution is 2.38. The Morgan fingerprint density at radius 3 is 2.83 bits per heavy atom. The van der Waals surface area contributed by atoms with Crippen molar-refractivity contribution in [3.63, 3.8) is 0 Å². The van der Waals surface area contributed by atoms with Crippen molar-refractivity contribution in [2.24, 2.45) is 5.92 Å². The van der Waals surface area contributed by atoms with Gasteiger partial charge < -0.3 is 10.6 Å². The van der Waals surface area contributed by atoms with Crippen LogP contribution in [0, 0.1) is 12.8 Å². The van der Waals surface area contributed by atoms with E-state index >= 15 is 0 Å². The summed E-state index contributed by atoms with van der Waals surface area (Å²) in [5, 5.41) is 1.13. The lowest BCUT2D eigenvalue weighted by atomic mass is 10.2. The third-order valence-corrected chi connectivity index (χ3v) is 4.71. The molecule has 1 fully saturated rings. The Kier molecular flexibility index (Phi) is 2.66. The van der Waals surface area contributed by atoms with E-state index in [1.54, 1.807) is 11.3 Å². The fourth-order valence-electron chi connectivity index (χ4n) is 2.40. The van der Waals surface area contributed by atoms with Gasteiger partial charge in [-0.3, -0.25) is 0 Å². The summed E-state index contributed by atoms with van der Waals surface area (Å²) in [5.74, 6) is 2.15. The number of nitrogen functional groups attached to an aromatic ring is 1. The lowest BCUT2D eigenvalue weighted by Crippen LogP contribution is -2.31. The number of thiophene rings is 1. The van der Waals surface area contributed by atoms with Crippen LogP contribution < -0.4 is 10.6 Å². The van der Waals surface area contributed by atoms with Crippen molar-refractivity contribution in [1.29, 1.82) is 0 Å². The van der Waals surface area contributed by atoms with Crippen molar-refractivity contribution in [2.45, 2.75) is 32.7 Å². The number of hydrogen-bond donors (Lipinski definition) is 1. The van der Waals surface area contributed by atoms with Gasteiger partial charge in [0.05, 0.1) is 5.39 Å². The first-order valence-electron chi connectivity index (χ1n) is 6.32. The Hall–Kier alpha value is -1.36. The molecule has 1 atom stereocenters.